The minimum Gasteiger partial charge on any atom is -0.478 e. The maximum absolute atomic E-state index is 13.2. The Labute approximate surface area is 194 Å². The molecule has 0 saturated heterocycles. The van der Waals surface area contributed by atoms with E-state index in [1.807, 2.05) is 48.4 Å². The van der Waals surface area contributed by atoms with E-state index in [4.69, 9.17) is 5.11 Å². The molecule has 1 fully saturated rings. The van der Waals surface area contributed by atoms with Gasteiger partial charge in [-0.05, 0) is 61.3 Å². The Morgan fingerprint density at radius 1 is 1.12 bits per heavy atom. The van der Waals surface area contributed by atoms with Crippen LogP contribution < -0.4 is 10.9 Å². The number of nitrogens with one attached hydrogen (secondary N) is 1. The molecule has 3 aromatic rings. The molecule has 1 saturated carbocycles. The third-order valence-electron chi connectivity index (χ3n) is 6.40. The summed E-state index contributed by atoms with van der Waals surface area (Å²) >= 11 is 0. The maximum Gasteiger partial charge on any atom is 0.335 e. The molecular weight excluding hydrogens is 416 g/mol. The second-order valence-electron chi connectivity index (χ2n) is 9.52. The number of aryl methyl sites for hydroxylation is 1. The number of pyridine rings is 1. The summed E-state index contributed by atoms with van der Waals surface area (Å²) in [6, 6.07) is 9.43. The van der Waals surface area contributed by atoms with Crippen LogP contribution in [0.3, 0.4) is 0 Å². The Hall–Kier alpha value is -3.35. The molecule has 1 aliphatic carbocycles. The summed E-state index contributed by atoms with van der Waals surface area (Å²) in [5.74, 6) is -0.112. The van der Waals surface area contributed by atoms with Crippen molar-refractivity contribution in [1.82, 2.24) is 14.3 Å². The molecule has 0 bridgehead atoms. The number of nitrogens with zero attached hydrogens (tertiary/aromatic N) is 3. The molecule has 1 aliphatic rings. The molecular formula is C26H32N4O3. The van der Waals surface area contributed by atoms with Gasteiger partial charge in [-0.3, -0.25) is 9.48 Å². The van der Waals surface area contributed by atoms with Crippen molar-refractivity contribution in [1.29, 1.82) is 0 Å². The average Bonchev–Trinajstić information content (AvgIpc) is 3.23. The molecule has 0 atom stereocenters. The minimum atomic E-state index is -0.897. The molecule has 7 heteroatoms. The van der Waals surface area contributed by atoms with Crippen LogP contribution in [0.15, 0.2) is 53.7 Å². The molecule has 7 nitrogen and oxygen atoms in total. The summed E-state index contributed by atoms with van der Waals surface area (Å²) in [6.07, 6.45) is 9.66. The Bertz CT molecular complexity index is 1170. The lowest BCUT2D eigenvalue weighted by Crippen LogP contribution is -2.31. The van der Waals surface area contributed by atoms with Crippen molar-refractivity contribution in [3.63, 3.8) is 0 Å². The lowest BCUT2D eigenvalue weighted by atomic mass is 9.81. The first-order chi connectivity index (χ1) is 15.8. The maximum atomic E-state index is 13.2. The van der Waals surface area contributed by atoms with Crippen LogP contribution in [-0.2, 0) is 13.6 Å². The lowest BCUT2D eigenvalue weighted by Gasteiger charge is -2.30. The van der Waals surface area contributed by atoms with E-state index in [1.165, 1.54) is 5.56 Å². The van der Waals surface area contributed by atoms with E-state index in [0.29, 0.717) is 29.6 Å². The van der Waals surface area contributed by atoms with E-state index in [2.05, 4.69) is 24.3 Å². The van der Waals surface area contributed by atoms with E-state index in [1.54, 1.807) is 16.8 Å². The summed E-state index contributed by atoms with van der Waals surface area (Å²) in [6.45, 7) is 4.89. The number of aromatic carboxylic acids is 1. The van der Waals surface area contributed by atoms with Crippen molar-refractivity contribution >= 4 is 11.7 Å². The molecule has 4 rings (SSSR count). The van der Waals surface area contributed by atoms with Gasteiger partial charge in [0, 0.05) is 43.2 Å². The molecule has 2 N–H and O–H groups in total. The van der Waals surface area contributed by atoms with Crippen molar-refractivity contribution in [3.05, 3.63) is 70.4 Å². The highest BCUT2D eigenvalue weighted by molar-refractivity contribution is 5.87. The number of rotatable bonds is 7. The normalized spacial score (nSPS) is 18.4. The van der Waals surface area contributed by atoms with Crippen molar-refractivity contribution in [3.8, 4) is 11.1 Å². The summed E-state index contributed by atoms with van der Waals surface area (Å²) in [7, 11) is 1.89. The molecule has 0 amide bonds. The van der Waals surface area contributed by atoms with E-state index >= 15 is 0 Å². The molecule has 174 valence electrons. The second-order valence-corrected chi connectivity index (χ2v) is 9.52. The SMILES string of the molecule is CC(C)Cn1cc(-c2cnn(C)c2)cc(N[C@H]2CC[C@@H](c3ccc(C(=O)O)cc3)CC2)c1=O. The monoisotopic (exact) mass is 448 g/mol. The zero-order chi connectivity index (χ0) is 23.5. The fourth-order valence-electron chi connectivity index (χ4n) is 4.69. The van der Waals surface area contributed by atoms with Crippen molar-refractivity contribution < 1.29 is 9.90 Å². The number of carboxylic acids is 1. The zero-order valence-corrected chi connectivity index (χ0v) is 19.5. The van der Waals surface area contributed by atoms with Crippen LogP contribution >= 0.6 is 0 Å². The predicted molar refractivity (Wildman–Crippen MR) is 130 cm³/mol. The van der Waals surface area contributed by atoms with Crippen LogP contribution in [0.5, 0.6) is 0 Å². The molecule has 2 aromatic heterocycles. The summed E-state index contributed by atoms with van der Waals surface area (Å²) < 4.78 is 3.58. The van der Waals surface area contributed by atoms with Crippen LogP contribution in [0.2, 0.25) is 0 Å². The van der Waals surface area contributed by atoms with Crippen LogP contribution in [-0.4, -0.2) is 31.5 Å². The standard InChI is InChI=1S/C26H32N4O3/c1-17(2)14-30-16-21(22-13-27-29(3)15-22)12-24(25(30)31)28-23-10-8-19(9-11-23)18-4-6-20(7-5-18)26(32)33/h4-7,12-13,15-17,19,23,28H,8-11,14H2,1-3H3,(H,32,33)/t19-,23+. The first-order valence-electron chi connectivity index (χ1n) is 11.6. The van der Waals surface area contributed by atoms with E-state index in [0.717, 1.165) is 36.8 Å². The van der Waals surface area contributed by atoms with Crippen LogP contribution in [0.25, 0.3) is 11.1 Å². The third kappa shape index (κ3) is 5.35. The third-order valence-corrected chi connectivity index (χ3v) is 6.40. The van der Waals surface area contributed by atoms with Gasteiger partial charge in [0.2, 0.25) is 0 Å². The van der Waals surface area contributed by atoms with Gasteiger partial charge in [-0.1, -0.05) is 26.0 Å². The van der Waals surface area contributed by atoms with Crippen LogP contribution in [0, 0.1) is 5.92 Å². The number of hydrogen-bond donors (Lipinski definition) is 2. The molecule has 0 radical (unpaired) electrons. The van der Waals surface area contributed by atoms with Gasteiger partial charge in [-0.15, -0.1) is 0 Å². The number of hydrogen-bond acceptors (Lipinski definition) is 4. The number of carbonyl (C=O) groups is 1. The van der Waals surface area contributed by atoms with Crippen molar-refractivity contribution in [2.24, 2.45) is 13.0 Å². The van der Waals surface area contributed by atoms with Gasteiger partial charge in [0.05, 0.1) is 11.8 Å². The van der Waals surface area contributed by atoms with Gasteiger partial charge in [0.1, 0.15) is 5.69 Å². The Kier molecular flexibility index (Phi) is 6.67. The van der Waals surface area contributed by atoms with Crippen molar-refractivity contribution in [2.75, 3.05) is 5.32 Å². The average molecular weight is 449 g/mol. The second kappa shape index (κ2) is 9.65. The van der Waals surface area contributed by atoms with Gasteiger partial charge < -0.3 is 15.0 Å². The number of anilines is 1. The summed E-state index contributed by atoms with van der Waals surface area (Å²) in [4.78, 5) is 24.3. The lowest BCUT2D eigenvalue weighted by molar-refractivity contribution is 0.0697. The molecule has 0 spiro atoms. The van der Waals surface area contributed by atoms with E-state index in [-0.39, 0.29) is 11.6 Å². The van der Waals surface area contributed by atoms with Gasteiger partial charge in [0.15, 0.2) is 0 Å². The molecule has 0 unspecified atom stereocenters. The number of benzene rings is 1. The van der Waals surface area contributed by atoms with Gasteiger partial charge in [0.25, 0.3) is 5.56 Å². The van der Waals surface area contributed by atoms with E-state index < -0.39 is 5.97 Å². The summed E-state index contributed by atoms with van der Waals surface area (Å²) in [5, 5.41) is 16.9. The Morgan fingerprint density at radius 2 is 1.82 bits per heavy atom. The zero-order valence-electron chi connectivity index (χ0n) is 19.5. The Morgan fingerprint density at radius 3 is 2.39 bits per heavy atom. The smallest absolute Gasteiger partial charge is 0.335 e. The Balaban J connectivity index is 1.49. The van der Waals surface area contributed by atoms with Crippen molar-refractivity contribution in [2.45, 2.75) is 58.0 Å². The molecule has 2 heterocycles. The largest absolute Gasteiger partial charge is 0.478 e. The van der Waals surface area contributed by atoms with Gasteiger partial charge in [-0.25, -0.2) is 4.79 Å². The van der Waals surface area contributed by atoms with Crippen LogP contribution in [0.4, 0.5) is 5.69 Å². The molecule has 1 aromatic carbocycles. The molecule has 33 heavy (non-hydrogen) atoms. The quantitative estimate of drug-likeness (QED) is 0.545. The predicted octanol–water partition coefficient (Wildman–Crippen LogP) is 4.74. The highest BCUT2D eigenvalue weighted by atomic mass is 16.4. The highest BCUT2D eigenvalue weighted by Gasteiger charge is 2.23. The highest BCUT2D eigenvalue weighted by Crippen LogP contribution is 2.34. The first-order valence-corrected chi connectivity index (χ1v) is 11.6. The van der Waals surface area contributed by atoms with Gasteiger partial charge >= 0.3 is 5.97 Å². The fraction of sp³-hybridized carbons (Fsp3) is 0.423. The van der Waals surface area contributed by atoms with E-state index in [9.17, 15) is 9.59 Å². The minimum absolute atomic E-state index is 0.0164. The molecule has 0 aliphatic heterocycles. The fourth-order valence-corrected chi connectivity index (χ4v) is 4.69. The number of carboxylic acid groups (broad SMARTS) is 1. The number of aromatic nitrogens is 3. The topological polar surface area (TPSA) is 89.2 Å². The van der Waals surface area contributed by atoms with Gasteiger partial charge in [-0.2, -0.15) is 5.10 Å². The van der Waals surface area contributed by atoms with Crippen LogP contribution in [0.1, 0.15) is 61.4 Å². The first kappa shape index (κ1) is 22.8. The summed E-state index contributed by atoms with van der Waals surface area (Å²) in [5.41, 5.74) is 4.15.